The predicted molar refractivity (Wildman–Crippen MR) is 85.4 cm³/mol. The molecule has 3 rings (SSSR count). The van der Waals surface area contributed by atoms with Gasteiger partial charge in [0.1, 0.15) is 11.6 Å². The topological polar surface area (TPSA) is 35.6 Å². The third-order valence-corrected chi connectivity index (χ3v) is 4.87. The normalized spacial score (nSPS) is 20.5. The lowest BCUT2D eigenvalue weighted by Gasteiger charge is -2.40. The number of benzene rings is 1. The van der Waals surface area contributed by atoms with Crippen molar-refractivity contribution < 1.29 is 13.6 Å². The molecule has 1 saturated carbocycles. The summed E-state index contributed by atoms with van der Waals surface area (Å²) < 4.78 is 26.5. The summed E-state index contributed by atoms with van der Waals surface area (Å²) in [6.45, 7) is 3.02. The van der Waals surface area contributed by atoms with Crippen LogP contribution >= 0.6 is 0 Å². The SMILES string of the molecule is O=C(Nc1ccc(F)cc1F)N1CCN(C2CCCCC2)CC1. The van der Waals surface area contributed by atoms with E-state index in [4.69, 9.17) is 0 Å². The standard InChI is InChI=1S/C17H23F2N3O/c18-13-6-7-16(15(19)12-13)20-17(23)22-10-8-21(9-11-22)14-4-2-1-3-5-14/h6-7,12,14H,1-5,8-11H2,(H,20,23). The van der Waals surface area contributed by atoms with Crippen LogP contribution in [-0.4, -0.2) is 48.1 Å². The Morgan fingerprint density at radius 1 is 1.04 bits per heavy atom. The maximum absolute atomic E-state index is 13.6. The van der Waals surface area contributed by atoms with Gasteiger partial charge in [-0.05, 0) is 25.0 Å². The molecular weight excluding hydrogens is 300 g/mol. The number of rotatable bonds is 2. The van der Waals surface area contributed by atoms with Crippen molar-refractivity contribution in [1.82, 2.24) is 9.80 Å². The van der Waals surface area contributed by atoms with Crippen LogP contribution in [0.5, 0.6) is 0 Å². The molecule has 2 amide bonds. The molecule has 0 unspecified atom stereocenters. The zero-order chi connectivity index (χ0) is 16.2. The van der Waals surface area contributed by atoms with Gasteiger partial charge in [0.15, 0.2) is 0 Å². The quantitative estimate of drug-likeness (QED) is 0.905. The lowest BCUT2D eigenvalue weighted by Crippen LogP contribution is -2.53. The van der Waals surface area contributed by atoms with Gasteiger partial charge in [-0.1, -0.05) is 19.3 Å². The molecule has 1 aliphatic heterocycles. The molecule has 1 aliphatic carbocycles. The Morgan fingerprint density at radius 3 is 2.39 bits per heavy atom. The van der Waals surface area contributed by atoms with Crippen LogP contribution in [-0.2, 0) is 0 Å². The van der Waals surface area contributed by atoms with E-state index in [2.05, 4.69) is 10.2 Å². The van der Waals surface area contributed by atoms with Crippen LogP contribution in [0.4, 0.5) is 19.3 Å². The van der Waals surface area contributed by atoms with Crippen LogP contribution in [0.3, 0.4) is 0 Å². The van der Waals surface area contributed by atoms with E-state index in [-0.39, 0.29) is 11.7 Å². The Morgan fingerprint density at radius 2 is 1.74 bits per heavy atom. The van der Waals surface area contributed by atoms with Crippen molar-refractivity contribution in [3.05, 3.63) is 29.8 Å². The fourth-order valence-corrected chi connectivity index (χ4v) is 3.52. The number of nitrogens with one attached hydrogen (secondary N) is 1. The van der Waals surface area contributed by atoms with Gasteiger partial charge in [-0.15, -0.1) is 0 Å². The molecular formula is C17H23F2N3O. The summed E-state index contributed by atoms with van der Waals surface area (Å²) in [5, 5.41) is 2.53. The minimum Gasteiger partial charge on any atom is -0.322 e. The van der Waals surface area contributed by atoms with Crippen molar-refractivity contribution in [1.29, 1.82) is 0 Å². The molecule has 2 aliphatic rings. The highest BCUT2D eigenvalue weighted by Gasteiger charge is 2.27. The van der Waals surface area contributed by atoms with Gasteiger partial charge < -0.3 is 10.2 Å². The van der Waals surface area contributed by atoms with Crippen molar-refractivity contribution in [2.24, 2.45) is 0 Å². The van der Waals surface area contributed by atoms with Gasteiger partial charge in [0.25, 0.3) is 0 Å². The van der Waals surface area contributed by atoms with E-state index in [1.165, 1.54) is 38.2 Å². The van der Waals surface area contributed by atoms with Gasteiger partial charge in [-0.25, -0.2) is 13.6 Å². The molecule has 0 bridgehead atoms. The lowest BCUT2D eigenvalue weighted by molar-refractivity contribution is 0.0943. The smallest absolute Gasteiger partial charge is 0.322 e. The first-order chi connectivity index (χ1) is 11.1. The molecule has 1 saturated heterocycles. The van der Waals surface area contributed by atoms with Gasteiger partial charge in [-0.3, -0.25) is 4.90 Å². The third-order valence-electron chi connectivity index (χ3n) is 4.87. The van der Waals surface area contributed by atoms with Gasteiger partial charge in [0.2, 0.25) is 0 Å². The van der Waals surface area contributed by atoms with E-state index in [9.17, 15) is 13.6 Å². The molecule has 0 atom stereocenters. The summed E-state index contributed by atoms with van der Waals surface area (Å²) in [5.74, 6) is -1.40. The Bertz CT molecular complexity index is 553. The van der Waals surface area contributed by atoms with Crippen LogP contribution in [0, 0.1) is 11.6 Å². The zero-order valence-corrected chi connectivity index (χ0v) is 13.2. The molecule has 0 spiro atoms. The van der Waals surface area contributed by atoms with Crippen LogP contribution in [0.2, 0.25) is 0 Å². The van der Waals surface area contributed by atoms with Gasteiger partial charge in [0.05, 0.1) is 5.69 Å². The van der Waals surface area contributed by atoms with Crippen molar-refractivity contribution >= 4 is 11.7 Å². The number of carbonyl (C=O) groups excluding carboxylic acids is 1. The number of hydrogen-bond donors (Lipinski definition) is 1. The molecule has 23 heavy (non-hydrogen) atoms. The first-order valence-corrected chi connectivity index (χ1v) is 8.38. The van der Waals surface area contributed by atoms with E-state index in [0.717, 1.165) is 25.2 Å². The average Bonchev–Trinajstić information content (AvgIpc) is 2.58. The Labute approximate surface area is 135 Å². The second-order valence-corrected chi connectivity index (χ2v) is 6.37. The first-order valence-electron chi connectivity index (χ1n) is 8.38. The van der Waals surface area contributed by atoms with Crippen LogP contribution in [0.15, 0.2) is 18.2 Å². The number of halogens is 2. The fourth-order valence-electron chi connectivity index (χ4n) is 3.52. The highest BCUT2D eigenvalue weighted by atomic mass is 19.1. The van der Waals surface area contributed by atoms with E-state index in [0.29, 0.717) is 19.1 Å². The maximum Gasteiger partial charge on any atom is 0.322 e. The number of nitrogens with zero attached hydrogens (tertiary/aromatic N) is 2. The van der Waals surface area contributed by atoms with E-state index in [1.54, 1.807) is 4.90 Å². The van der Waals surface area contributed by atoms with Gasteiger partial charge in [0, 0.05) is 38.3 Å². The molecule has 1 N–H and O–H groups in total. The molecule has 0 aromatic heterocycles. The van der Waals surface area contributed by atoms with Crippen LogP contribution in [0.25, 0.3) is 0 Å². The number of amides is 2. The predicted octanol–water partition coefficient (Wildman–Crippen LogP) is 3.45. The minimum absolute atomic E-state index is 0.0195. The van der Waals surface area contributed by atoms with Crippen LogP contribution in [0.1, 0.15) is 32.1 Å². The van der Waals surface area contributed by atoms with E-state index < -0.39 is 11.6 Å². The van der Waals surface area contributed by atoms with E-state index >= 15 is 0 Å². The third kappa shape index (κ3) is 3.99. The number of piperazine rings is 1. The molecule has 0 radical (unpaired) electrons. The summed E-state index contributed by atoms with van der Waals surface area (Å²) in [7, 11) is 0. The molecule has 126 valence electrons. The minimum atomic E-state index is -0.751. The highest BCUT2D eigenvalue weighted by Crippen LogP contribution is 2.23. The second kappa shape index (κ2) is 7.25. The lowest BCUT2D eigenvalue weighted by atomic mass is 9.94. The van der Waals surface area contributed by atoms with Crippen LogP contribution < -0.4 is 5.32 Å². The number of anilines is 1. The average molecular weight is 323 g/mol. The second-order valence-electron chi connectivity index (χ2n) is 6.37. The molecule has 6 heteroatoms. The summed E-state index contributed by atoms with van der Waals surface area (Å²) in [5.41, 5.74) is 0.0195. The molecule has 1 aromatic carbocycles. The number of urea groups is 1. The number of hydrogen-bond acceptors (Lipinski definition) is 2. The zero-order valence-electron chi connectivity index (χ0n) is 13.2. The Hall–Kier alpha value is -1.69. The Balaban J connectivity index is 1.51. The van der Waals surface area contributed by atoms with Crippen molar-refractivity contribution in [2.75, 3.05) is 31.5 Å². The largest absolute Gasteiger partial charge is 0.322 e. The summed E-state index contributed by atoms with van der Waals surface area (Å²) in [6.07, 6.45) is 6.45. The molecule has 4 nitrogen and oxygen atoms in total. The molecule has 1 aromatic rings. The summed E-state index contributed by atoms with van der Waals surface area (Å²) in [6, 6.07) is 3.50. The van der Waals surface area contributed by atoms with Gasteiger partial charge >= 0.3 is 6.03 Å². The van der Waals surface area contributed by atoms with Crippen molar-refractivity contribution in [2.45, 2.75) is 38.1 Å². The fraction of sp³-hybridized carbons (Fsp3) is 0.588. The monoisotopic (exact) mass is 323 g/mol. The van der Waals surface area contributed by atoms with E-state index in [1.807, 2.05) is 0 Å². The van der Waals surface area contributed by atoms with Crippen molar-refractivity contribution in [3.63, 3.8) is 0 Å². The molecule has 2 fully saturated rings. The van der Waals surface area contributed by atoms with Gasteiger partial charge in [-0.2, -0.15) is 0 Å². The first kappa shape index (κ1) is 16.2. The van der Waals surface area contributed by atoms with Crippen molar-refractivity contribution in [3.8, 4) is 0 Å². The Kier molecular flexibility index (Phi) is 5.10. The maximum atomic E-state index is 13.6. The summed E-state index contributed by atoms with van der Waals surface area (Å²) in [4.78, 5) is 16.4. The number of carbonyl (C=O) groups is 1. The summed E-state index contributed by atoms with van der Waals surface area (Å²) >= 11 is 0. The molecule has 1 heterocycles. The highest BCUT2D eigenvalue weighted by molar-refractivity contribution is 5.89.